The molecule has 0 radical (unpaired) electrons. The van der Waals surface area contributed by atoms with Crippen LogP contribution in [0.25, 0.3) is 20.2 Å². The fraction of sp³-hybridized carbons (Fsp3) is 0.333. The van der Waals surface area contributed by atoms with Gasteiger partial charge in [-0.15, -0.1) is 22.7 Å². The molecule has 0 saturated heterocycles. The highest BCUT2D eigenvalue weighted by Gasteiger charge is 2.10. The molecule has 0 fully saturated rings. The van der Waals surface area contributed by atoms with Crippen LogP contribution in [-0.2, 0) is 12.8 Å². The van der Waals surface area contributed by atoms with Gasteiger partial charge in [-0.25, -0.2) is 0 Å². The van der Waals surface area contributed by atoms with Gasteiger partial charge in [0.25, 0.3) is 0 Å². The predicted octanol–water partition coefficient (Wildman–Crippen LogP) is 5.55. The van der Waals surface area contributed by atoms with E-state index in [0.717, 1.165) is 12.8 Å². The van der Waals surface area contributed by atoms with E-state index < -0.39 is 0 Å². The minimum Gasteiger partial charge on any atom is -0.139 e. The quantitative estimate of drug-likeness (QED) is 0.566. The number of hydrogen-bond acceptors (Lipinski definition) is 2. The second-order valence-electron chi connectivity index (χ2n) is 4.49. The summed E-state index contributed by atoms with van der Waals surface area (Å²) >= 11 is 3.94. The van der Waals surface area contributed by atoms with Crippen LogP contribution in [0.15, 0.2) is 18.2 Å². The molecule has 1 aromatic carbocycles. The Balaban J connectivity index is 2.43. The molecule has 2 heteroatoms. The van der Waals surface area contributed by atoms with Gasteiger partial charge in [-0.3, -0.25) is 0 Å². The van der Waals surface area contributed by atoms with Crippen molar-refractivity contribution in [3.63, 3.8) is 0 Å². The van der Waals surface area contributed by atoms with E-state index in [1.54, 1.807) is 0 Å². The van der Waals surface area contributed by atoms with Crippen LogP contribution in [0.1, 0.15) is 29.2 Å². The Kier molecular flexibility index (Phi) is 2.72. The second kappa shape index (κ2) is 4.11. The molecule has 0 atom stereocenters. The van der Waals surface area contributed by atoms with Crippen LogP contribution in [0.3, 0.4) is 0 Å². The topological polar surface area (TPSA) is 0 Å². The zero-order valence-corrected chi connectivity index (χ0v) is 12.1. The number of fused-ring (bicyclic) bond motifs is 3. The van der Waals surface area contributed by atoms with Gasteiger partial charge in [0.2, 0.25) is 0 Å². The summed E-state index contributed by atoms with van der Waals surface area (Å²) in [6.07, 6.45) is 2.29. The molecule has 0 unspecified atom stereocenters. The van der Waals surface area contributed by atoms with Crippen molar-refractivity contribution in [3.8, 4) is 0 Å². The molecular formula is C15H16S2. The van der Waals surface area contributed by atoms with E-state index in [2.05, 4.69) is 39.0 Å². The molecule has 3 aromatic rings. The molecule has 17 heavy (non-hydrogen) atoms. The summed E-state index contributed by atoms with van der Waals surface area (Å²) in [7, 11) is 0. The average molecular weight is 260 g/mol. The first-order chi connectivity index (χ1) is 8.22. The summed E-state index contributed by atoms with van der Waals surface area (Å²) in [5.74, 6) is 0. The van der Waals surface area contributed by atoms with Crippen molar-refractivity contribution in [2.75, 3.05) is 0 Å². The number of aryl methyl sites for hydroxylation is 3. The van der Waals surface area contributed by atoms with E-state index in [-0.39, 0.29) is 0 Å². The summed E-state index contributed by atoms with van der Waals surface area (Å²) < 4.78 is 2.99. The predicted molar refractivity (Wildman–Crippen MR) is 80.7 cm³/mol. The molecule has 88 valence electrons. The molecular weight excluding hydrogens is 244 g/mol. The van der Waals surface area contributed by atoms with Crippen molar-refractivity contribution in [1.29, 1.82) is 0 Å². The fourth-order valence-corrected chi connectivity index (χ4v) is 4.71. The molecule has 0 saturated carbocycles. The molecule has 0 nitrogen and oxygen atoms in total. The minimum atomic E-state index is 1.14. The van der Waals surface area contributed by atoms with E-state index in [9.17, 15) is 0 Å². The van der Waals surface area contributed by atoms with Gasteiger partial charge < -0.3 is 0 Å². The van der Waals surface area contributed by atoms with E-state index in [4.69, 9.17) is 0 Å². The van der Waals surface area contributed by atoms with Crippen molar-refractivity contribution in [2.45, 2.75) is 33.6 Å². The average Bonchev–Trinajstić information content (AvgIpc) is 2.91. The van der Waals surface area contributed by atoms with E-state index in [1.807, 2.05) is 22.7 Å². The number of hydrogen-bond donors (Lipinski definition) is 0. The lowest BCUT2D eigenvalue weighted by Crippen LogP contribution is -1.73. The van der Waals surface area contributed by atoms with Crippen LogP contribution >= 0.6 is 22.7 Å². The smallest absolute Gasteiger partial charge is 0.0526 e. The second-order valence-corrected chi connectivity index (χ2v) is 6.76. The van der Waals surface area contributed by atoms with Gasteiger partial charge in [-0.05, 0) is 54.3 Å². The lowest BCUT2D eigenvalue weighted by atomic mass is 10.1. The maximum Gasteiger partial charge on any atom is 0.0526 e. The minimum absolute atomic E-state index is 1.14. The van der Waals surface area contributed by atoms with Crippen LogP contribution in [0, 0.1) is 6.92 Å². The molecule has 0 amide bonds. The number of benzene rings is 1. The standard InChI is InChI=1S/C15H16S2/c1-4-11-7-10-6-9(3)13-8-12(5-2)17-15(13)14(10)16-11/h6-8H,4-5H2,1-3H3. The molecule has 0 aliphatic carbocycles. The van der Waals surface area contributed by atoms with Gasteiger partial charge in [0.1, 0.15) is 0 Å². The summed E-state index contributed by atoms with van der Waals surface area (Å²) in [4.78, 5) is 3.00. The zero-order valence-electron chi connectivity index (χ0n) is 10.5. The van der Waals surface area contributed by atoms with E-state index in [1.165, 1.54) is 35.5 Å². The summed E-state index contributed by atoms with van der Waals surface area (Å²) in [5.41, 5.74) is 1.42. The third-order valence-electron chi connectivity index (χ3n) is 3.29. The Hall–Kier alpha value is -0.860. The molecule has 3 rings (SSSR count). The van der Waals surface area contributed by atoms with Crippen LogP contribution in [0.2, 0.25) is 0 Å². The van der Waals surface area contributed by atoms with E-state index >= 15 is 0 Å². The lowest BCUT2D eigenvalue weighted by Gasteiger charge is -1.97. The first kappa shape index (κ1) is 11.2. The largest absolute Gasteiger partial charge is 0.139 e. The van der Waals surface area contributed by atoms with Crippen molar-refractivity contribution in [2.24, 2.45) is 0 Å². The van der Waals surface area contributed by atoms with Gasteiger partial charge in [0.05, 0.1) is 9.40 Å². The Morgan fingerprint density at radius 1 is 0.882 bits per heavy atom. The van der Waals surface area contributed by atoms with Crippen LogP contribution < -0.4 is 0 Å². The Bertz CT molecular complexity index is 686. The molecule has 2 heterocycles. The van der Waals surface area contributed by atoms with Gasteiger partial charge >= 0.3 is 0 Å². The SMILES string of the molecule is CCc1cc2cc(C)c3cc(CC)sc3c2s1. The summed E-state index contributed by atoms with van der Waals surface area (Å²) in [6, 6.07) is 7.08. The normalized spacial score (nSPS) is 11.7. The van der Waals surface area contributed by atoms with Gasteiger partial charge in [0, 0.05) is 9.75 Å². The van der Waals surface area contributed by atoms with Crippen molar-refractivity contribution in [1.82, 2.24) is 0 Å². The highest BCUT2D eigenvalue weighted by molar-refractivity contribution is 7.27. The summed E-state index contributed by atoms with van der Waals surface area (Å²) in [6.45, 7) is 6.71. The Labute approximate surface area is 110 Å². The lowest BCUT2D eigenvalue weighted by molar-refractivity contribution is 1.19. The Morgan fingerprint density at radius 2 is 1.53 bits per heavy atom. The van der Waals surface area contributed by atoms with Gasteiger partial charge in [0.15, 0.2) is 0 Å². The third kappa shape index (κ3) is 1.71. The van der Waals surface area contributed by atoms with Crippen molar-refractivity contribution < 1.29 is 0 Å². The highest BCUT2D eigenvalue weighted by atomic mass is 32.1. The van der Waals surface area contributed by atoms with Crippen molar-refractivity contribution >= 4 is 42.8 Å². The molecule has 0 aliphatic heterocycles. The molecule has 0 N–H and O–H groups in total. The number of thiophene rings is 2. The first-order valence-electron chi connectivity index (χ1n) is 6.17. The number of rotatable bonds is 2. The monoisotopic (exact) mass is 260 g/mol. The molecule has 0 aliphatic rings. The van der Waals surface area contributed by atoms with Gasteiger partial charge in [-0.1, -0.05) is 13.8 Å². The third-order valence-corrected chi connectivity index (χ3v) is 6.03. The highest BCUT2D eigenvalue weighted by Crippen LogP contribution is 2.39. The molecule has 2 aromatic heterocycles. The fourth-order valence-electron chi connectivity index (χ4n) is 2.31. The molecule has 0 bridgehead atoms. The van der Waals surface area contributed by atoms with Gasteiger partial charge in [-0.2, -0.15) is 0 Å². The van der Waals surface area contributed by atoms with E-state index in [0.29, 0.717) is 0 Å². The van der Waals surface area contributed by atoms with Crippen LogP contribution in [0.4, 0.5) is 0 Å². The maximum absolute atomic E-state index is 2.38. The van der Waals surface area contributed by atoms with Crippen LogP contribution in [0.5, 0.6) is 0 Å². The zero-order chi connectivity index (χ0) is 12.0. The Morgan fingerprint density at radius 3 is 2.24 bits per heavy atom. The maximum atomic E-state index is 2.38. The summed E-state index contributed by atoms with van der Waals surface area (Å²) in [5, 5.41) is 2.89. The molecule has 0 spiro atoms. The first-order valence-corrected chi connectivity index (χ1v) is 7.80. The van der Waals surface area contributed by atoms with Crippen LogP contribution in [-0.4, -0.2) is 0 Å². The van der Waals surface area contributed by atoms with Crippen molar-refractivity contribution in [3.05, 3.63) is 33.5 Å².